The first-order chi connectivity index (χ1) is 8.60. The molecule has 0 aromatic heterocycles. The van der Waals surface area contributed by atoms with Crippen LogP contribution in [0, 0.1) is 5.82 Å². The third-order valence-corrected chi connectivity index (χ3v) is 3.81. The zero-order chi connectivity index (χ0) is 13.1. The zero-order valence-electron chi connectivity index (χ0n) is 9.71. The van der Waals surface area contributed by atoms with Crippen molar-refractivity contribution in [3.05, 3.63) is 46.7 Å². The lowest BCUT2D eigenvalue weighted by molar-refractivity contribution is 0.622. The largest absolute Gasteiger partial charge is 0.397 e. The van der Waals surface area contributed by atoms with E-state index >= 15 is 0 Å². The second kappa shape index (κ2) is 5.63. The number of thioether (sulfide) groups is 1. The maximum atomic E-state index is 13.2. The zero-order valence-corrected chi connectivity index (χ0v) is 12.1. The number of nitrogens with one attached hydrogen (secondary N) is 1. The van der Waals surface area contributed by atoms with Gasteiger partial charge in [-0.15, -0.1) is 11.8 Å². The highest BCUT2D eigenvalue weighted by atomic mass is 79.9. The third kappa shape index (κ3) is 2.97. The highest BCUT2D eigenvalue weighted by Gasteiger charge is 2.06. The van der Waals surface area contributed by atoms with E-state index in [0.29, 0.717) is 15.8 Å². The quantitative estimate of drug-likeness (QED) is 0.637. The molecule has 0 saturated carbocycles. The molecule has 2 aromatic rings. The molecule has 18 heavy (non-hydrogen) atoms. The Hall–Kier alpha value is -1.20. The summed E-state index contributed by atoms with van der Waals surface area (Å²) in [5.74, 6) is -0.365. The summed E-state index contributed by atoms with van der Waals surface area (Å²) in [6.45, 7) is 0. The average molecular weight is 327 g/mol. The molecule has 0 atom stereocenters. The summed E-state index contributed by atoms with van der Waals surface area (Å²) >= 11 is 4.82. The number of halogens is 2. The Morgan fingerprint density at radius 3 is 2.50 bits per heavy atom. The van der Waals surface area contributed by atoms with Gasteiger partial charge >= 0.3 is 0 Å². The molecular weight excluding hydrogens is 315 g/mol. The van der Waals surface area contributed by atoms with Gasteiger partial charge in [-0.3, -0.25) is 0 Å². The first-order valence-corrected chi connectivity index (χ1v) is 7.27. The van der Waals surface area contributed by atoms with Gasteiger partial charge in [0, 0.05) is 16.6 Å². The maximum Gasteiger partial charge on any atom is 0.139 e. The summed E-state index contributed by atoms with van der Waals surface area (Å²) < 4.78 is 13.6. The Morgan fingerprint density at radius 2 is 1.89 bits per heavy atom. The van der Waals surface area contributed by atoms with Crippen molar-refractivity contribution < 1.29 is 4.39 Å². The SMILES string of the molecule is CSc1ccc(Nc2cc(Br)c(F)cc2N)cc1. The summed E-state index contributed by atoms with van der Waals surface area (Å²) in [6.07, 6.45) is 2.03. The molecule has 3 N–H and O–H groups in total. The number of hydrogen-bond donors (Lipinski definition) is 2. The molecule has 0 aliphatic rings. The Labute approximate surface area is 118 Å². The van der Waals surface area contributed by atoms with Gasteiger partial charge in [-0.25, -0.2) is 4.39 Å². The summed E-state index contributed by atoms with van der Waals surface area (Å²) in [5, 5.41) is 3.16. The summed E-state index contributed by atoms with van der Waals surface area (Å²) in [5.41, 5.74) is 7.74. The van der Waals surface area contributed by atoms with Crippen molar-refractivity contribution in [2.45, 2.75) is 4.90 Å². The van der Waals surface area contributed by atoms with Crippen LogP contribution in [0.2, 0.25) is 0 Å². The summed E-state index contributed by atoms with van der Waals surface area (Å²) in [7, 11) is 0. The number of anilines is 3. The first kappa shape index (κ1) is 13.2. The molecule has 0 fully saturated rings. The molecule has 5 heteroatoms. The molecule has 2 aromatic carbocycles. The Balaban J connectivity index is 2.25. The van der Waals surface area contributed by atoms with Gasteiger partial charge in [0.25, 0.3) is 0 Å². The van der Waals surface area contributed by atoms with Gasteiger partial charge in [0.15, 0.2) is 0 Å². The van der Waals surface area contributed by atoms with E-state index in [9.17, 15) is 4.39 Å². The Kier molecular flexibility index (Phi) is 4.14. The molecule has 0 unspecified atom stereocenters. The topological polar surface area (TPSA) is 38.0 Å². The van der Waals surface area contributed by atoms with E-state index in [1.165, 1.54) is 11.0 Å². The molecule has 0 aliphatic heterocycles. The van der Waals surface area contributed by atoms with E-state index in [1.54, 1.807) is 17.8 Å². The van der Waals surface area contributed by atoms with E-state index in [4.69, 9.17) is 5.73 Å². The monoisotopic (exact) mass is 326 g/mol. The van der Waals surface area contributed by atoms with Crippen LogP contribution in [-0.2, 0) is 0 Å². The van der Waals surface area contributed by atoms with Crippen molar-refractivity contribution in [2.75, 3.05) is 17.3 Å². The smallest absolute Gasteiger partial charge is 0.139 e. The molecule has 94 valence electrons. The van der Waals surface area contributed by atoms with Gasteiger partial charge in [0.05, 0.1) is 15.8 Å². The van der Waals surface area contributed by atoms with Crippen LogP contribution in [0.4, 0.5) is 21.5 Å². The van der Waals surface area contributed by atoms with Crippen LogP contribution in [0.25, 0.3) is 0 Å². The normalized spacial score (nSPS) is 10.4. The number of hydrogen-bond acceptors (Lipinski definition) is 3. The average Bonchev–Trinajstić information content (AvgIpc) is 2.37. The molecule has 0 aliphatic carbocycles. The van der Waals surface area contributed by atoms with Crippen LogP contribution in [-0.4, -0.2) is 6.26 Å². The van der Waals surface area contributed by atoms with Crippen molar-refractivity contribution in [3.8, 4) is 0 Å². The Morgan fingerprint density at radius 1 is 1.22 bits per heavy atom. The number of rotatable bonds is 3. The Bertz CT molecular complexity index is 558. The number of nitrogen functional groups attached to an aromatic ring is 1. The second-order valence-electron chi connectivity index (χ2n) is 3.71. The van der Waals surface area contributed by atoms with Crippen molar-refractivity contribution in [1.82, 2.24) is 0 Å². The van der Waals surface area contributed by atoms with E-state index in [0.717, 1.165) is 5.69 Å². The van der Waals surface area contributed by atoms with E-state index in [2.05, 4.69) is 21.2 Å². The van der Waals surface area contributed by atoms with E-state index in [1.807, 2.05) is 30.5 Å². The fourth-order valence-electron chi connectivity index (χ4n) is 1.50. The molecule has 0 bridgehead atoms. The van der Waals surface area contributed by atoms with Crippen LogP contribution in [0.15, 0.2) is 45.8 Å². The highest BCUT2D eigenvalue weighted by Crippen LogP contribution is 2.29. The predicted molar refractivity (Wildman–Crippen MR) is 80.0 cm³/mol. The van der Waals surface area contributed by atoms with Crippen LogP contribution in [0.3, 0.4) is 0 Å². The van der Waals surface area contributed by atoms with Crippen LogP contribution < -0.4 is 11.1 Å². The number of benzene rings is 2. The molecule has 0 radical (unpaired) electrons. The fourth-order valence-corrected chi connectivity index (χ4v) is 2.25. The van der Waals surface area contributed by atoms with Gasteiger partial charge < -0.3 is 11.1 Å². The highest BCUT2D eigenvalue weighted by molar-refractivity contribution is 9.10. The third-order valence-electron chi connectivity index (χ3n) is 2.46. The van der Waals surface area contributed by atoms with Crippen LogP contribution >= 0.6 is 27.7 Å². The minimum atomic E-state index is -0.365. The van der Waals surface area contributed by atoms with E-state index < -0.39 is 0 Å². The van der Waals surface area contributed by atoms with Gasteiger partial charge in [-0.1, -0.05) is 0 Å². The lowest BCUT2D eigenvalue weighted by Gasteiger charge is -2.10. The standard InChI is InChI=1S/C13H12BrFN2S/c1-18-9-4-2-8(3-5-9)17-13-6-10(14)11(15)7-12(13)16/h2-7,17H,16H2,1H3. The minimum absolute atomic E-state index is 0.365. The fraction of sp³-hybridized carbons (Fsp3) is 0.0769. The number of nitrogens with two attached hydrogens (primary N) is 1. The summed E-state index contributed by atoms with van der Waals surface area (Å²) in [4.78, 5) is 1.19. The van der Waals surface area contributed by atoms with Crippen LogP contribution in [0.1, 0.15) is 0 Å². The molecule has 0 heterocycles. The van der Waals surface area contributed by atoms with Gasteiger partial charge in [-0.05, 0) is 52.5 Å². The first-order valence-electron chi connectivity index (χ1n) is 5.26. The van der Waals surface area contributed by atoms with Gasteiger partial charge in [0.2, 0.25) is 0 Å². The lowest BCUT2D eigenvalue weighted by Crippen LogP contribution is -1.97. The van der Waals surface area contributed by atoms with Crippen molar-refractivity contribution >= 4 is 44.8 Å². The van der Waals surface area contributed by atoms with E-state index in [-0.39, 0.29) is 5.82 Å². The molecule has 0 saturated heterocycles. The predicted octanol–water partition coefficient (Wildman–Crippen LogP) is 4.64. The van der Waals surface area contributed by atoms with Gasteiger partial charge in [-0.2, -0.15) is 0 Å². The van der Waals surface area contributed by atoms with Crippen LogP contribution in [0.5, 0.6) is 0 Å². The van der Waals surface area contributed by atoms with Gasteiger partial charge in [0.1, 0.15) is 5.82 Å². The minimum Gasteiger partial charge on any atom is -0.397 e. The molecule has 0 spiro atoms. The maximum absolute atomic E-state index is 13.2. The second-order valence-corrected chi connectivity index (χ2v) is 5.44. The van der Waals surface area contributed by atoms with Crippen molar-refractivity contribution in [1.29, 1.82) is 0 Å². The van der Waals surface area contributed by atoms with Crippen molar-refractivity contribution in [2.24, 2.45) is 0 Å². The van der Waals surface area contributed by atoms with Crippen molar-refractivity contribution in [3.63, 3.8) is 0 Å². The summed E-state index contributed by atoms with van der Waals surface area (Å²) in [6, 6.07) is 10.9. The molecule has 0 amide bonds. The lowest BCUT2D eigenvalue weighted by atomic mass is 10.2. The molecular formula is C13H12BrFN2S. The molecule has 2 rings (SSSR count). The molecule has 2 nitrogen and oxygen atoms in total.